The van der Waals surface area contributed by atoms with E-state index in [1.807, 2.05) is 38.2 Å². The van der Waals surface area contributed by atoms with Gasteiger partial charge in [0.1, 0.15) is 45.5 Å². The SMILES string of the molecule is COc1cnc(N)cc1OCCCN1CCCC1.COc1cnc(Nc2nc(C)nc3[nH]ccc23)cc1OCCCN1CCCC1.Cc1nc(Cl)c2cc[nH]c2n1. The lowest BCUT2D eigenvalue weighted by Gasteiger charge is -2.16. The Labute approximate surface area is 337 Å². The van der Waals surface area contributed by atoms with Gasteiger partial charge in [-0.1, -0.05) is 11.6 Å². The summed E-state index contributed by atoms with van der Waals surface area (Å²) in [6.07, 6.45) is 14.2. The number of nitrogen functional groups attached to an aromatic ring is 1. The number of halogens is 1. The summed E-state index contributed by atoms with van der Waals surface area (Å²) >= 11 is 5.83. The van der Waals surface area contributed by atoms with Gasteiger partial charge in [-0.15, -0.1) is 0 Å². The number of nitrogens with two attached hydrogens (primary N) is 1. The predicted molar refractivity (Wildman–Crippen MR) is 223 cm³/mol. The third kappa shape index (κ3) is 11.8. The molecule has 0 atom stereocenters. The molecular formula is C40H53ClN12O4. The molecule has 0 aliphatic carbocycles. The molecule has 8 rings (SSSR count). The van der Waals surface area contributed by atoms with E-state index >= 15 is 0 Å². The largest absolute Gasteiger partial charge is 0.491 e. The molecule has 2 aliphatic rings. The number of aromatic amines is 2. The molecule has 0 spiro atoms. The van der Waals surface area contributed by atoms with Crippen LogP contribution in [-0.2, 0) is 0 Å². The molecule has 6 aromatic rings. The normalized spacial score (nSPS) is 14.2. The van der Waals surface area contributed by atoms with E-state index in [0.29, 0.717) is 70.5 Å². The molecular weight excluding hydrogens is 748 g/mol. The van der Waals surface area contributed by atoms with Crippen molar-refractivity contribution in [3.63, 3.8) is 0 Å². The predicted octanol–water partition coefficient (Wildman–Crippen LogP) is 6.74. The van der Waals surface area contributed by atoms with Gasteiger partial charge in [-0.25, -0.2) is 29.9 Å². The van der Waals surface area contributed by atoms with Crippen LogP contribution in [0.15, 0.2) is 49.1 Å². The zero-order chi connectivity index (χ0) is 40.0. The van der Waals surface area contributed by atoms with Gasteiger partial charge in [-0.05, 0) is 90.7 Å². The minimum atomic E-state index is 0.449. The first kappa shape index (κ1) is 41.2. The molecule has 2 aliphatic heterocycles. The van der Waals surface area contributed by atoms with Crippen LogP contribution in [0.25, 0.3) is 22.1 Å². The minimum absolute atomic E-state index is 0.449. The average Bonchev–Trinajstić information content (AvgIpc) is 4.05. The number of anilines is 3. The Kier molecular flexibility index (Phi) is 14.9. The molecule has 2 saturated heterocycles. The van der Waals surface area contributed by atoms with Crippen LogP contribution in [0.1, 0.15) is 50.2 Å². The van der Waals surface area contributed by atoms with E-state index in [9.17, 15) is 0 Å². The zero-order valence-corrected chi connectivity index (χ0v) is 33.9. The fraction of sp³-hybridized carbons (Fsp3) is 0.450. The molecule has 0 bridgehead atoms. The van der Waals surface area contributed by atoms with Gasteiger partial charge >= 0.3 is 0 Å². The summed E-state index contributed by atoms with van der Waals surface area (Å²) in [5, 5.41) is 5.57. The lowest BCUT2D eigenvalue weighted by molar-refractivity contribution is 0.254. The van der Waals surface area contributed by atoms with E-state index in [1.165, 1.54) is 51.9 Å². The van der Waals surface area contributed by atoms with Gasteiger partial charge in [0.15, 0.2) is 23.0 Å². The van der Waals surface area contributed by atoms with Gasteiger partial charge in [0.25, 0.3) is 0 Å². The molecule has 8 heterocycles. The smallest absolute Gasteiger partial charge is 0.179 e. The number of hydrogen-bond acceptors (Lipinski definition) is 14. The molecule has 5 N–H and O–H groups in total. The maximum Gasteiger partial charge on any atom is 0.179 e. The van der Waals surface area contributed by atoms with E-state index in [1.54, 1.807) is 38.9 Å². The van der Waals surface area contributed by atoms with Crippen molar-refractivity contribution in [2.45, 2.75) is 52.4 Å². The Morgan fingerprint density at radius 2 is 1.23 bits per heavy atom. The van der Waals surface area contributed by atoms with Crippen molar-refractivity contribution >= 4 is 51.1 Å². The number of rotatable bonds is 14. The van der Waals surface area contributed by atoms with Crippen LogP contribution in [0.3, 0.4) is 0 Å². The van der Waals surface area contributed by atoms with Crippen LogP contribution >= 0.6 is 11.6 Å². The van der Waals surface area contributed by atoms with Crippen molar-refractivity contribution in [2.24, 2.45) is 0 Å². The number of nitrogens with zero attached hydrogens (tertiary/aromatic N) is 8. The second-order valence-electron chi connectivity index (χ2n) is 13.8. The monoisotopic (exact) mass is 800 g/mol. The van der Waals surface area contributed by atoms with Gasteiger partial charge in [-0.3, -0.25) is 0 Å². The molecule has 0 unspecified atom stereocenters. The molecule has 57 heavy (non-hydrogen) atoms. The van der Waals surface area contributed by atoms with Crippen LogP contribution in [-0.4, -0.2) is 116 Å². The van der Waals surface area contributed by atoms with Crippen LogP contribution < -0.4 is 30.0 Å². The molecule has 16 nitrogen and oxygen atoms in total. The summed E-state index contributed by atoms with van der Waals surface area (Å²) in [4.78, 5) is 36.5. The molecule has 304 valence electrons. The number of fused-ring (bicyclic) bond motifs is 2. The number of pyridine rings is 2. The van der Waals surface area contributed by atoms with Crippen molar-refractivity contribution < 1.29 is 18.9 Å². The number of ether oxygens (including phenoxy) is 4. The van der Waals surface area contributed by atoms with E-state index in [4.69, 9.17) is 36.3 Å². The lowest BCUT2D eigenvalue weighted by atomic mass is 10.3. The number of hydrogen-bond donors (Lipinski definition) is 4. The molecule has 17 heteroatoms. The molecule has 0 radical (unpaired) electrons. The Bertz CT molecular complexity index is 2170. The van der Waals surface area contributed by atoms with Gasteiger partial charge in [-0.2, -0.15) is 0 Å². The Morgan fingerprint density at radius 1 is 0.702 bits per heavy atom. The maximum atomic E-state index is 5.99. The highest BCUT2D eigenvalue weighted by atomic mass is 35.5. The highest BCUT2D eigenvalue weighted by Gasteiger charge is 2.14. The number of likely N-dealkylation sites (tertiary alicyclic amines) is 2. The third-order valence-electron chi connectivity index (χ3n) is 9.53. The number of H-pyrrole nitrogens is 2. The summed E-state index contributed by atoms with van der Waals surface area (Å²) in [5.41, 5.74) is 7.22. The maximum absolute atomic E-state index is 5.99. The summed E-state index contributed by atoms with van der Waals surface area (Å²) in [6, 6.07) is 7.35. The summed E-state index contributed by atoms with van der Waals surface area (Å²) in [7, 11) is 3.22. The quantitative estimate of drug-likeness (QED) is 0.0670. The van der Waals surface area contributed by atoms with Crippen LogP contribution in [0.4, 0.5) is 17.5 Å². The molecule has 0 saturated carbocycles. The van der Waals surface area contributed by atoms with Crippen molar-refractivity contribution in [1.82, 2.24) is 49.7 Å². The van der Waals surface area contributed by atoms with E-state index in [2.05, 4.69) is 55.0 Å². The van der Waals surface area contributed by atoms with Gasteiger partial charge < -0.3 is 49.8 Å². The highest BCUT2D eigenvalue weighted by molar-refractivity contribution is 6.33. The fourth-order valence-electron chi connectivity index (χ4n) is 6.70. The van der Waals surface area contributed by atoms with Gasteiger partial charge in [0.05, 0.1) is 50.6 Å². The first-order valence-electron chi connectivity index (χ1n) is 19.4. The Morgan fingerprint density at radius 3 is 1.82 bits per heavy atom. The summed E-state index contributed by atoms with van der Waals surface area (Å²) in [5.74, 6) is 5.78. The Hall–Kier alpha value is -5.45. The fourth-order valence-corrected chi connectivity index (χ4v) is 6.97. The summed E-state index contributed by atoms with van der Waals surface area (Å²) in [6.45, 7) is 12.0. The number of nitrogens with one attached hydrogen (secondary N) is 3. The molecule has 6 aromatic heterocycles. The zero-order valence-electron chi connectivity index (χ0n) is 33.2. The van der Waals surface area contributed by atoms with Crippen LogP contribution in [0.2, 0.25) is 5.15 Å². The average molecular weight is 801 g/mol. The molecule has 2 fully saturated rings. The topological polar surface area (TPSA) is 190 Å². The van der Waals surface area contributed by atoms with E-state index in [-0.39, 0.29) is 0 Å². The van der Waals surface area contributed by atoms with E-state index < -0.39 is 0 Å². The second-order valence-corrected chi connectivity index (χ2v) is 14.1. The van der Waals surface area contributed by atoms with Gasteiger partial charge in [0.2, 0.25) is 0 Å². The van der Waals surface area contributed by atoms with E-state index in [0.717, 1.165) is 48.0 Å². The Balaban J connectivity index is 0.000000161. The second kappa shape index (κ2) is 20.6. The first-order chi connectivity index (χ1) is 27.8. The van der Waals surface area contributed by atoms with Gasteiger partial charge in [0, 0.05) is 37.6 Å². The van der Waals surface area contributed by atoms with Crippen LogP contribution in [0.5, 0.6) is 23.0 Å². The summed E-state index contributed by atoms with van der Waals surface area (Å²) < 4.78 is 22.3. The lowest BCUT2D eigenvalue weighted by Crippen LogP contribution is -2.22. The minimum Gasteiger partial charge on any atom is -0.491 e. The molecule has 0 amide bonds. The highest BCUT2D eigenvalue weighted by Crippen LogP contribution is 2.31. The number of aryl methyl sites for hydroxylation is 2. The number of methoxy groups -OCH3 is 2. The van der Waals surface area contributed by atoms with Crippen molar-refractivity contribution in [3.8, 4) is 23.0 Å². The van der Waals surface area contributed by atoms with Crippen molar-refractivity contribution in [1.29, 1.82) is 0 Å². The standard InChI is InChI=1S/C20H26N6O2.C13H21N3O2.C7H6ClN3/c1-14-23-19-15(6-7-21-19)20(24-14)25-18-12-16(17(27-2)13-22-18)28-11-5-10-26-8-3-4-9-26;1-17-12-10-15-13(14)9-11(12)18-8-4-7-16-5-2-3-6-16;1-4-10-6(8)5-2-3-9-7(5)11-4/h6-7,12-13H,3-5,8-11H2,1-2H3,(H2,21,22,23,24,25);9-10H,2-8H2,1H3,(H2,14,15);2-3H,1H3,(H,9,10,11). The first-order valence-corrected chi connectivity index (χ1v) is 19.8. The number of aromatic nitrogens is 8. The van der Waals surface area contributed by atoms with Crippen LogP contribution in [0, 0.1) is 13.8 Å². The third-order valence-corrected chi connectivity index (χ3v) is 9.82. The van der Waals surface area contributed by atoms with Crippen molar-refractivity contribution in [3.05, 3.63) is 65.9 Å². The molecule has 0 aromatic carbocycles. The van der Waals surface area contributed by atoms with Crippen molar-refractivity contribution in [2.75, 3.05) is 77.8 Å².